The predicted molar refractivity (Wildman–Crippen MR) is 70.3 cm³/mol. The third-order valence-corrected chi connectivity index (χ3v) is 3.33. The second-order valence-electron chi connectivity index (χ2n) is 5.14. The van der Waals surface area contributed by atoms with E-state index in [1.807, 2.05) is 24.0 Å². The van der Waals surface area contributed by atoms with Gasteiger partial charge in [0.2, 0.25) is 0 Å². The molecule has 1 N–H and O–H groups in total. The molecule has 19 heavy (non-hydrogen) atoms. The lowest BCUT2D eigenvalue weighted by Gasteiger charge is -2.23. The fraction of sp³-hybridized carbons (Fsp3) is 0.462. The van der Waals surface area contributed by atoms with Crippen LogP contribution in [0.5, 0.6) is 0 Å². The lowest BCUT2D eigenvalue weighted by atomic mass is 10.2. The number of rotatable bonds is 5. The third-order valence-electron chi connectivity index (χ3n) is 3.33. The second kappa shape index (κ2) is 4.53. The number of anilines is 1. The van der Waals surface area contributed by atoms with Crippen LogP contribution in [-0.2, 0) is 4.79 Å². The van der Waals surface area contributed by atoms with E-state index >= 15 is 0 Å². The van der Waals surface area contributed by atoms with Gasteiger partial charge in [-0.2, -0.15) is 9.61 Å². The highest BCUT2D eigenvalue weighted by atomic mass is 16.4. The Morgan fingerprint density at radius 1 is 1.53 bits per heavy atom. The van der Waals surface area contributed by atoms with E-state index in [1.165, 1.54) is 19.2 Å². The lowest BCUT2D eigenvalue weighted by molar-refractivity contribution is -0.135. The zero-order chi connectivity index (χ0) is 13.4. The van der Waals surface area contributed by atoms with E-state index in [-0.39, 0.29) is 6.54 Å². The van der Waals surface area contributed by atoms with Crippen molar-refractivity contribution in [2.75, 3.05) is 18.0 Å². The van der Waals surface area contributed by atoms with Gasteiger partial charge in [0, 0.05) is 6.54 Å². The standard InChI is InChI=1S/C13H16N4O2/c1-9-4-11-14-8-15-17(11)12(5-9)16(7-13(18)19)6-10-2-3-10/h4-5,8,10H,2-3,6-7H2,1H3,(H,18,19). The first-order chi connectivity index (χ1) is 9.13. The van der Waals surface area contributed by atoms with Crippen molar-refractivity contribution in [3.8, 4) is 0 Å². The van der Waals surface area contributed by atoms with Crippen molar-refractivity contribution < 1.29 is 9.90 Å². The second-order valence-corrected chi connectivity index (χ2v) is 5.14. The summed E-state index contributed by atoms with van der Waals surface area (Å²) < 4.78 is 1.71. The molecule has 2 heterocycles. The highest BCUT2D eigenvalue weighted by molar-refractivity contribution is 5.73. The molecule has 2 aromatic rings. The number of aryl methyl sites for hydroxylation is 1. The maximum atomic E-state index is 11.1. The van der Waals surface area contributed by atoms with Gasteiger partial charge < -0.3 is 10.0 Å². The van der Waals surface area contributed by atoms with Crippen molar-refractivity contribution in [1.82, 2.24) is 14.6 Å². The maximum absolute atomic E-state index is 11.1. The van der Waals surface area contributed by atoms with Gasteiger partial charge in [0.05, 0.1) is 0 Å². The Morgan fingerprint density at radius 3 is 3.00 bits per heavy atom. The maximum Gasteiger partial charge on any atom is 0.323 e. The summed E-state index contributed by atoms with van der Waals surface area (Å²) >= 11 is 0. The molecule has 0 radical (unpaired) electrons. The van der Waals surface area contributed by atoms with Crippen LogP contribution in [-0.4, -0.2) is 38.8 Å². The van der Waals surface area contributed by atoms with Crippen LogP contribution in [0.3, 0.4) is 0 Å². The SMILES string of the molecule is Cc1cc(N(CC(=O)O)CC2CC2)n2ncnc2c1. The number of pyridine rings is 1. The summed E-state index contributed by atoms with van der Waals surface area (Å²) in [6, 6.07) is 3.90. The molecule has 2 aromatic heterocycles. The number of carboxylic acids is 1. The highest BCUT2D eigenvalue weighted by Crippen LogP contribution is 2.31. The summed E-state index contributed by atoms with van der Waals surface area (Å²) in [6.07, 6.45) is 3.86. The monoisotopic (exact) mass is 260 g/mol. The molecule has 0 aliphatic heterocycles. The van der Waals surface area contributed by atoms with Crippen LogP contribution in [0.25, 0.3) is 5.65 Å². The molecule has 0 atom stereocenters. The topological polar surface area (TPSA) is 70.7 Å². The van der Waals surface area contributed by atoms with Gasteiger partial charge >= 0.3 is 5.97 Å². The molecule has 1 fully saturated rings. The summed E-state index contributed by atoms with van der Waals surface area (Å²) in [6.45, 7) is 2.74. The molecule has 6 nitrogen and oxygen atoms in total. The fourth-order valence-corrected chi connectivity index (χ4v) is 2.28. The van der Waals surface area contributed by atoms with Crippen LogP contribution in [0.1, 0.15) is 18.4 Å². The molecule has 0 unspecified atom stereocenters. The molecule has 0 amide bonds. The van der Waals surface area contributed by atoms with Crippen molar-refractivity contribution in [1.29, 1.82) is 0 Å². The molecule has 6 heteroatoms. The van der Waals surface area contributed by atoms with E-state index < -0.39 is 5.97 Å². The molecular weight excluding hydrogens is 244 g/mol. The third kappa shape index (κ3) is 2.52. The first kappa shape index (κ1) is 12.0. The molecule has 1 aliphatic rings. The number of aliphatic carboxylic acids is 1. The summed E-state index contributed by atoms with van der Waals surface area (Å²) in [4.78, 5) is 17.1. The number of aromatic nitrogens is 3. The quantitative estimate of drug-likeness (QED) is 0.878. The molecule has 1 aliphatic carbocycles. The van der Waals surface area contributed by atoms with Crippen molar-refractivity contribution >= 4 is 17.4 Å². The minimum absolute atomic E-state index is 0.00505. The fourth-order valence-electron chi connectivity index (χ4n) is 2.28. The van der Waals surface area contributed by atoms with E-state index in [4.69, 9.17) is 5.11 Å². The van der Waals surface area contributed by atoms with Crippen molar-refractivity contribution in [2.45, 2.75) is 19.8 Å². The largest absolute Gasteiger partial charge is 0.480 e. The van der Waals surface area contributed by atoms with Crippen LogP contribution < -0.4 is 4.90 Å². The predicted octanol–water partition coefficient (Wildman–Crippen LogP) is 1.34. The van der Waals surface area contributed by atoms with Crippen LogP contribution in [0, 0.1) is 12.8 Å². The van der Waals surface area contributed by atoms with E-state index in [9.17, 15) is 4.79 Å². The van der Waals surface area contributed by atoms with Crippen LogP contribution in [0.2, 0.25) is 0 Å². The highest BCUT2D eigenvalue weighted by Gasteiger charge is 2.26. The minimum atomic E-state index is -0.824. The van der Waals surface area contributed by atoms with E-state index in [2.05, 4.69) is 10.1 Å². The van der Waals surface area contributed by atoms with Gasteiger partial charge in [-0.3, -0.25) is 4.79 Å². The van der Waals surface area contributed by atoms with Gasteiger partial charge in [-0.15, -0.1) is 0 Å². The normalized spacial score (nSPS) is 14.8. The van der Waals surface area contributed by atoms with Gasteiger partial charge in [-0.1, -0.05) is 0 Å². The van der Waals surface area contributed by atoms with Gasteiger partial charge in [0.25, 0.3) is 0 Å². The molecular formula is C13H16N4O2. The van der Waals surface area contributed by atoms with Crippen LogP contribution in [0.15, 0.2) is 18.5 Å². The van der Waals surface area contributed by atoms with Crippen molar-refractivity contribution in [3.63, 3.8) is 0 Å². The Bertz CT molecular complexity index is 618. The molecule has 0 aromatic carbocycles. The Hall–Kier alpha value is -2.11. The lowest BCUT2D eigenvalue weighted by Crippen LogP contribution is -2.33. The minimum Gasteiger partial charge on any atom is -0.480 e. The first-order valence-electron chi connectivity index (χ1n) is 6.40. The van der Waals surface area contributed by atoms with Crippen LogP contribution >= 0.6 is 0 Å². The number of hydrogen-bond acceptors (Lipinski definition) is 4. The number of nitrogens with zero attached hydrogens (tertiary/aromatic N) is 4. The van der Waals surface area contributed by atoms with E-state index in [1.54, 1.807) is 4.52 Å². The van der Waals surface area contributed by atoms with Crippen LogP contribution in [0.4, 0.5) is 5.82 Å². The molecule has 100 valence electrons. The van der Waals surface area contributed by atoms with Crippen molar-refractivity contribution in [3.05, 3.63) is 24.0 Å². The first-order valence-corrected chi connectivity index (χ1v) is 6.40. The zero-order valence-electron chi connectivity index (χ0n) is 10.8. The Labute approximate surface area is 110 Å². The average Bonchev–Trinajstić information content (AvgIpc) is 3.02. The molecule has 0 saturated heterocycles. The smallest absolute Gasteiger partial charge is 0.323 e. The summed E-state index contributed by atoms with van der Waals surface area (Å²) in [5.41, 5.74) is 1.81. The summed E-state index contributed by atoms with van der Waals surface area (Å²) in [5, 5.41) is 13.3. The summed E-state index contributed by atoms with van der Waals surface area (Å²) in [7, 11) is 0. The van der Waals surface area contributed by atoms with Gasteiger partial charge in [0.15, 0.2) is 5.65 Å². The Morgan fingerprint density at radius 2 is 2.32 bits per heavy atom. The number of carboxylic acid groups (broad SMARTS) is 1. The van der Waals surface area contributed by atoms with Crippen molar-refractivity contribution in [2.24, 2.45) is 5.92 Å². The molecule has 0 spiro atoms. The Balaban J connectivity index is 2.01. The van der Waals surface area contributed by atoms with Gasteiger partial charge in [-0.25, -0.2) is 4.98 Å². The van der Waals surface area contributed by atoms with E-state index in [0.717, 1.165) is 23.6 Å². The summed E-state index contributed by atoms with van der Waals surface area (Å²) in [5.74, 6) is 0.593. The number of fused-ring (bicyclic) bond motifs is 1. The van der Waals surface area contributed by atoms with E-state index in [0.29, 0.717) is 5.92 Å². The number of hydrogen-bond donors (Lipinski definition) is 1. The molecule has 1 saturated carbocycles. The number of carbonyl (C=O) groups is 1. The molecule has 3 rings (SSSR count). The van der Waals surface area contributed by atoms with Gasteiger partial charge in [-0.05, 0) is 43.4 Å². The Kier molecular flexibility index (Phi) is 2.85. The van der Waals surface area contributed by atoms with Gasteiger partial charge in [0.1, 0.15) is 18.7 Å². The molecule has 0 bridgehead atoms. The zero-order valence-corrected chi connectivity index (χ0v) is 10.8. The average molecular weight is 260 g/mol.